The Balaban J connectivity index is 1.33. The largest absolute Gasteiger partial charge is 0.380 e. The van der Waals surface area contributed by atoms with Crippen molar-refractivity contribution in [1.82, 2.24) is 20.5 Å². The average Bonchev–Trinajstić information content (AvgIpc) is 3.01. The summed E-state index contributed by atoms with van der Waals surface area (Å²) in [6, 6.07) is 7.59. The van der Waals surface area contributed by atoms with E-state index in [9.17, 15) is 4.79 Å². The van der Waals surface area contributed by atoms with E-state index in [2.05, 4.69) is 38.0 Å². The van der Waals surface area contributed by atoms with E-state index in [1.165, 1.54) is 17.7 Å². The molecular formula is C18H17N5O. The zero-order valence-corrected chi connectivity index (χ0v) is 13.0. The molecule has 3 unspecified atom stereocenters. The van der Waals surface area contributed by atoms with Gasteiger partial charge in [0.15, 0.2) is 0 Å². The Morgan fingerprint density at radius 3 is 3.08 bits per heavy atom. The molecule has 5 rings (SSSR count). The van der Waals surface area contributed by atoms with E-state index in [0.29, 0.717) is 23.3 Å². The van der Waals surface area contributed by atoms with Gasteiger partial charge in [0, 0.05) is 23.7 Å². The number of aromatic amines is 1. The molecule has 0 aromatic carbocycles. The zero-order valence-electron chi connectivity index (χ0n) is 13.0. The first kappa shape index (κ1) is 13.5. The minimum atomic E-state index is -0.260. The number of hydrogen-bond acceptors (Lipinski definition) is 4. The van der Waals surface area contributed by atoms with Gasteiger partial charge in [0.1, 0.15) is 11.5 Å². The number of hydrogen-bond donors (Lipinski definition) is 3. The number of anilines is 1. The van der Waals surface area contributed by atoms with E-state index in [1.807, 2.05) is 12.1 Å². The van der Waals surface area contributed by atoms with Crippen LogP contribution in [0.3, 0.4) is 0 Å². The van der Waals surface area contributed by atoms with E-state index < -0.39 is 0 Å². The molecule has 3 N–H and O–H groups in total. The van der Waals surface area contributed by atoms with Gasteiger partial charge >= 0.3 is 0 Å². The van der Waals surface area contributed by atoms with E-state index in [1.54, 1.807) is 18.3 Å². The van der Waals surface area contributed by atoms with Crippen molar-refractivity contribution in [3.05, 3.63) is 65.3 Å². The minimum absolute atomic E-state index is 0.210. The Hall–Kier alpha value is -2.89. The van der Waals surface area contributed by atoms with Crippen LogP contribution >= 0.6 is 0 Å². The molecule has 24 heavy (non-hydrogen) atoms. The predicted octanol–water partition coefficient (Wildman–Crippen LogP) is 2.55. The second-order valence-corrected chi connectivity index (χ2v) is 6.60. The molecule has 1 amide bonds. The van der Waals surface area contributed by atoms with Crippen molar-refractivity contribution in [3.63, 3.8) is 0 Å². The molecule has 3 heterocycles. The minimum Gasteiger partial charge on any atom is -0.380 e. The summed E-state index contributed by atoms with van der Waals surface area (Å²) >= 11 is 0. The standard InChI is InChI=1S/C18H17N5O/c24-18(14-4-5-19-23-14)22-17-3-1-2-13(21-17)16-9-12-7-10-6-11(10)8-15(12)20-16/h1-6,8,10,12,16,20H,7,9H2,(H,19,23)(H,21,22,24). The summed E-state index contributed by atoms with van der Waals surface area (Å²) in [5.74, 6) is 1.61. The van der Waals surface area contributed by atoms with Crippen LogP contribution < -0.4 is 10.6 Å². The number of nitrogens with zero attached hydrogens (tertiary/aromatic N) is 2. The Labute approximate surface area is 139 Å². The van der Waals surface area contributed by atoms with Crippen LogP contribution in [0.25, 0.3) is 0 Å². The molecule has 0 radical (unpaired) electrons. The molecular weight excluding hydrogens is 302 g/mol. The number of carbonyl (C=O) groups is 1. The summed E-state index contributed by atoms with van der Waals surface area (Å²) in [5, 5.41) is 12.9. The lowest BCUT2D eigenvalue weighted by molar-refractivity contribution is 0.102. The quantitative estimate of drug-likeness (QED) is 0.812. The molecule has 6 nitrogen and oxygen atoms in total. The first-order valence-corrected chi connectivity index (χ1v) is 8.24. The van der Waals surface area contributed by atoms with Gasteiger partial charge in [-0.2, -0.15) is 5.10 Å². The summed E-state index contributed by atoms with van der Waals surface area (Å²) in [5.41, 5.74) is 4.13. The number of rotatable bonds is 3. The van der Waals surface area contributed by atoms with E-state index in [-0.39, 0.29) is 11.9 Å². The number of pyridine rings is 1. The molecule has 0 spiro atoms. The summed E-state index contributed by atoms with van der Waals surface area (Å²) < 4.78 is 0. The molecule has 0 saturated carbocycles. The monoisotopic (exact) mass is 319 g/mol. The summed E-state index contributed by atoms with van der Waals surface area (Å²) in [4.78, 5) is 16.7. The second kappa shape index (κ2) is 5.06. The lowest BCUT2D eigenvalue weighted by Crippen LogP contribution is -2.17. The van der Waals surface area contributed by atoms with Gasteiger partial charge in [0.05, 0.1) is 11.7 Å². The van der Waals surface area contributed by atoms with Crippen LogP contribution in [0.5, 0.6) is 0 Å². The molecule has 1 fully saturated rings. The predicted molar refractivity (Wildman–Crippen MR) is 89.0 cm³/mol. The third-order valence-electron chi connectivity index (χ3n) is 4.98. The molecule has 2 aromatic rings. The summed E-state index contributed by atoms with van der Waals surface area (Å²) in [7, 11) is 0. The van der Waals surface area contributed by atoms with Gasteiger partial charge in [-0.3, -0.25) is 9.89 Å². The van der Waals surface area contributed by atoms with Gasteiger partial charge in [-0.25, -0.2) is 4.98 Å². The molecule has 3 aliphatic rings. The molecule has 1 saturated heterocycles. The van der Waals surface area contributed by atoms with Crippen LogP contribution in [0.1, 0.15) is 35.1 Å². The Morgan fingerprint density at radius 1 is 1.25 bits per heavy atom. The molecule has 3 atom stereocenters. The lowest BCUT2D eigenvalue weighted by atomic mass is 9.90. The highest BCUT2D eigenvalue weighted by Gasteiger charge is 2.39. The normalized spacial score (nSPS) is 26.6. The maximum Gasteiger partial charge on any atom is 0.277 e. The topological polar surface area (TPSA) is 82.7 Å². The van der Waals surface area contributed by atoms with Gasteiger partial charge in [-0.05, 0) is 42.7 Å². The van der Waals surface area contributed by atoms with Gasteiger partial charge in [-0.1, -0.05) is 12.1 Å². The van der Waals surface area contributed by atoms with Crippen LogP contribution in [0, 0.1) is 11.8 Å². The third kappa shape index (κ3) is 2.31. The maximum atomic E-state index is 12.1. The number of amides is 1. The molecule has 1 aliphatic heterocycles. The number of aromatic nitrogens is 3. The number of fused-ring (bicyclic) bond motifs is 2. The maximum absolute atomic E-state index is 12.1. The number of carbonyl (C=O) groups excluding carboxylic acids is 1. The van der Waals surface area contributed by atoms with E-state index >= 15 is 0 Å². The van der Waals surface area contributed by atoms with Crippen molar-refractivity contribution in [1.29, 1.82) is 0 Å². The van der Waals surface area contributed by atoms with Crippen LogP contribution in [0.15, 0.2) is 53.9 Å². The van der Waals surface area contributed by atoms with Gasteiger partial charge in [-0.15, -0.1) is 0 Å². The number of nitrogens with one attached hydrogen (secondary N) is 3. The van der Waals surface area contributed by atoms with Crippen LogP contribution in [-0.2, 0) is 0 Å². The first-order valence-electron chi connectivity index (χ1n) is 8.24. The molecule has 2 aromatic heterocycles. The number of H-pyrrole nitrogens is 1. The SMILES string of the molecule is O=C(Nc1cccc(C2CC3CC4C=C4C=C3N2)n1)c1cc[nH]n1. The van der Waals surface area contributed by atoms with Gasteiger partial charge < -0.3 is 10.6 Å². The van der Waals surface area contributed by atoms with Crippen LogP contribution in [0.4, 0.5) is 5.82 Å². The summed E-state index contributed by atoms with van der Waals surface area (Å²) in [6.07, 6.45) is 8.54. The van der Waals surface area contributed by atoms with Crippen molar-refractivity contribution >= 4 is 11.7 Å². The Morgan fingerprint density at radius 2 is 2.21 bits per heavy atom. The summed E-state index contributed by atoms with van der Waals surface area (Å²) in [6.45, 7) is 0. The fraction of sp³-hybridized carbons (Fsp3) is 0.278. The average molecular weight is 319 g/mol. The smallest absolute Gasteiger partial charge is 0.277 e. The van der Waals surface area contributed by atoms with Crippen molar-refractivity contribution in [3.8, 4) is 0 Å². The van der Waals surface area contributed by atoms with Crippen LogP contribution in [0.2, 0.25) is 0 Å². The second-order valence-electron chi connectivity index (χ2n) is 6.60. The van der Waals surface area contributed by atoms with Gasteiger partial charge in [0.2, 0.25) is 0 Å². The molecule has 2 aliphatic carbocycles. The fourth-order valence-corrected chi connectivity index (χ4v) is 3.68. The van der Waals surface area contributed by atoms with Crippen molar-refractivity contribution in [2.75, 3.05) is 5.32 Å². The van der Waals surface area contributed by atoms with E-state index in [0.717, 1.165) is 12.1 Å². The Bertz CT molecular complexity index is 867. The Kier molecular flexibility index (Phi) is 2.85. The van der Waals surface area contributed by atoms with Crippen LogP contribution in [-0.4, -0.2) is 21.1 Å². The van der Waals surface area contributed by atoms with E-state index in [4.69, 9.17) is 0 Å². The van der Waals surface area contributed by atoms with Gasteiger partial charge in [0.25, 0.3) is 5.91 Å². The molecule has 120 valence electrons. The molecule has 6 heteroatoms. The third-order valence-corrected chi connectivity index (χ3v) is 4.98. The highest BCUT2D eigenvalue weighted by molar-refractivity contribution is 6.02. The van der Waals surface area contributed by atoms with Crippen molar-refractivity contribution in [2.24, 2.45) is 11.8 Å². The van der Waals surface area contributed by atoms with Crippen molar-refractivity contribution in [2.45, 2.75) is 18.9 Å². The zero-order chi connectivity index (χ0) is 16.1. The lowest BCUT2D eigenvalue weighted by Gasteiger charge is -2.14. The molecule has 0 bridgehead atoms. The highest BCUT2D eigenvalue weighted by atomic mass is 16.2. The number of allylic oxidation sites excluding steroid dienone is 4. The van der Waals surface area contributed by atoms with Crippen molar-refractivity contribution < 1.29 is 4.79 Å². The first-order chi connectivity index (χ1) is 11.8. The fourth-order valence-electron chi connectivity index (χ4n) is 3.68. The highest BCUT2D eigenvalue weighted by Crippen LogP contribution is 2.48.